The van der Waals surface area contributed by atoms with Crippen molar-refractivity contribution < 1.29 is 4.74 Å². The minimum Gasteiger partial charge on any atom is -0.494 e. The zero-order valence-electron chi connectivity index (χ0n) is 15.8. The molecule has 2 aliphatic heterocycles. The smallest absolute Gasteiger partial charge is 0.119 e. The van der Waals surface area contributed by atoms with E-state index in [1.54, 1.807) is 0 Å². The van der Waals surface area contributed by atoms with Gasteiger partial charge in [0.2, 0.25) is 0 Å². The van der Waals surface area contributed by atoms with Crippen molar-refractivity contribution in [2.24, 2.45) is 5.10 Å². The van der Waals surface area contributed by atoms with Crippen molar-refractivity contribution in [3.8, 4) is 5.75 Å². The molecule has 2 aliphatic rings. The highest BCUT2D eigenvalue weighted by molar-refractivity contribution is 6.01. The fourth-order valence-electron chi connectivity index (χ4n) is 3.48. The Labute approximate surface area is 152 Å². The average Bonchev–Trinajstić information content (AvgIpc) is 3.04. The van der Waals surface area contributed by atoms with Gasteiger partial charge in [-0.15, -0.1) is 0 Å². The van der Waals surface area contributed by atoms with Crippen LogP contribution in [-0.4, -0.2) is 47.4 Å². The van der Waals surface area contributed by atoms with E-state index in [1.807, 2.05) is 5.01 Å². The Kier molecular flexibility index (Phi) is 6.14. The molecular weight excluding hydrogens is 310 g/mol. The van der Waals surface area contributed by atoms with Crippen LogP contribution in [-0.2, 0) is 0 Å². The molecule has 136 valence electrons. The maximum atomic E-state index is 5.91. The number of ether oxygens (including phenoxy) is 1. The minimum atomic E-state index is 0.382. The molecule has 0 amide bonds. The monoisotopic (exact) mass is 341 g/mol. The Bertz CT molecular complexity index is 606. The number of nitrogens with zero attached hydrogens (tertiary/aromatic N) is 3. The highest BCUT2D eigenvalue weighted by atomic mass is 16.5. The molecule has 4 nitrogen and oxygen atoms in total. The fraction of sp³-hybridized carbons (Fsp3) is 0.571. The van der Waals surface area contributed by atoms with E-state index >= 15 is 0 Å². The van der Waals surface area contributed by atoms with Crippen LogP contribution >= 0.6 is 0 Å². The van der Waals surface area contributed by atoms with Gasteiger partial charge in [-0.05, 0) is 76.4 Å². The quantitative estimate of drug-likeness (QED) is 0.693. The number of rotatable bonds is 7. The first-order valence-corrected chi connectivity index (χ1v) is 9.63. The summed E-state index contributed by atoms with van der Waals surface area (Å²) in [5, 5.41) is 6.74. The van der Waals surface area contributed by atoms with Gasteiger partial charge in [-0.2, -0.15) is 5.10 Å². The van der Waals surface area contributed by atoms with E-state index in [-0.39, 0.29) is 0 Å². The van der Waals surface area contributed by atoms with Crippen LogP contribution in [0.2, 0.25) is 0 Å². The van der Waals surface area contributed by atoms with E-state index in [0.29, 0.717) is 6.04 Å². The van der Waals surface area contributed by atoms with Crippen molar-refractivity contribution in [1.29, 1.82) is 0 Å². The molecule has 4 heteroatoms. The van der Waals surface area contributed by atoms with Crippen molar-refractivity contribution in [3.63, 3.8) is 0 Å². The lowest BCUT2D eigenvalue weighted by Gasteiger charge is -2.23. The third-order valence-corrected chi connectivity index (χ3v) is 5.07. The summed E-state index contributed by atoms with van der Waals surface area (Å²) in [6.07, 6.45) is 8.90. The second-order valence-corrected chi connectivity index (χ2v) is 7.36. The standard InChI is InChI=1S/C21H31N3O/c1-17(2)24-15-5-8-21(22-24)19-9-11-20(12-10-19)25-16-6-14-23-13-4-7-18(23)3/h5,9-12,15,17-18H,4,6-8,13-14,16H2,1-3H3/t18-/m1/s1. The summed E-state index contributed by atoms with van der Waals surface area (Å²) >= 11 is 0. The molecular formula is C21H31N3O. The third-order valence-electron chi connectivity index (χ3n) is 5.07. The lowest BCUT2D eigenvalue weighted by molar-refractivity contribution is 0.230. The molecule has 1 atom stereocenters. The Morgan fingerprint density at radius 3 is 2.72 bits per heavy atom. The predicted molar refractivity (Wildman–Crippen MR) is 104 cm³/mol. The van der Waals surface area contributed by atoms with Gasteiger partial charge in [0.1, 0.15) is 5.75 Å². The molecule has 3 rings (SSSR count). The molecule has 1 saturated heterocycles. The Morgan fingerprint density at radius 1 is 1.24 bits per heavy atom. The van der Waals surface area contributed by atoms with Crippen LogP contribution < -0.4 is 4.74 Å². The van der Waals surface area contributed by atoms with Crippen LogP contribution in [0.4, 0.5) is 0 Å². The fourth-order valence-corrected chi connectivity index (χ4v) is 3.48. The summed E-state index contributed by atoms with van der Waals surface area (Å²) in [6.45, 7) is 9.81. The first-order valence-electron chi connectivity index (χ1n) is 9.63. The van der Waals surface area contributed by atoms with Crippen molar-refractivity contribution in [2.75, 3.05) is 19.7 Å². The first kappa shape index (κ1) is 18.0. The van der Waals surface area contributed by atoms with Gasteiger partial charge in [-0.1, -0.05) is 6.08 Å². The summed E-state index contributed by atoms with van der Waals surface area (Å²) in [5.41, 5.74) is 2.29. The van der Waals surface area contributed by atoms with Crippen LogP contribution in [0.3, 0.4) is 0 Å². The van der Waals surface area contributed by atoms with Gasteiger partial charge in [0.25, 0.3) is 0 Å². The molecule has 0 aliphatic carbocycles. The van der Waals surface area contributed by atoms with Crippen molar-refractivity contribution in [3.05, 3.63) is 42.1 Å². The summed E-state index contributed by atoms with van der Waals surface area (Å²) in [5.74, 6) is 0.950. The van der Waals surface area contributed by atoms with Crippen LogP contribution in [0.1, 0.15) is 52.0 Å². The van der Waals surface area contributed by atoms with Gasteiger partial charge in [-0.25, -0.2) is 0 Å². The number of hydrogen-bond donors (Lipinski definition) is 0. The molecule has 0 saturated carbocycles. The van der Waals surface area contributed by atoms with Gasteiger partial charge in [0, 0.05) is 31.2 Å². The van der Waals surface area contributed by atoms with Crippen LogP contribution in [0.5, 0.6) is 5.75 Å². The van der Waals surface area contributed by atoms with Crippen LogP contribution in [0.25, 0.3) is 0 Å². The van der Waals surface area contributed by atoms with E-state index < -0.39 is 0 Å². The van der Waals surface area contributed by atoms with Gasteiger partial charge in [0.15, 0.2) is 0 Å². The third kappa shape index (κ3) is 4.85. The zero-order chi connectivity index (χ0) is 17.6. The van der Waals surface area contributed by atoms with Crippen molar-refractivity contribution in [2.45, 2.75) is 58.5 Å². The molecule has 25 heavy (non-hydrogen) atoms. The van der Waals surface area contributed by atoms with Crippen molar-refractivity contribution >= 4 is 5.71 Å². The molecule has 2 heterocycles. The zero-order valence-corrected chi connectivity index (χ0v) is 15.8. The summed E-state index contributed by atoms with van der Waals surface area (Å²) in [6, 6.07) is 9.49. The van der Waals surface area contributed by atoms with Gasteiger partial charge in [0.05, 0.1) is 12.3 Å². The van der Waals surface area contributed by atoms with E-state index in [9.17, 15) is 0 Å². The van der Waals surface area contributed by atoms with E-state index in [1.165, 1.54) is 24.9 Å². The molecule has 0 spiro atoms. The minimum absolute atomic E-state index is 0.382. The highest BCUT2D eigenvalue weighted by Gasteiger charge is 2.19. The Morgan fingerprint density at radius 2 is 2.04 bits per heavy atom. The molecule has 0 aromatic heterocycles. The first-order chi connectivity index (χ1) is 12.1. The summed E-state index contributed by atoms with van der Waals surface area (Å²) < 4.78 is 5.91. The largest absolute Gasteiger partial charge is 0.494 e. The molecule has 0 radical (unpaired) electrons. The second kappa shape index (κ2) is 8.52. The van der Waals surface area contributed by atoms with Gasteiger partial charge < -0.3 is 9.64 Å². The highest BCUT2D eigenvalue weighted by Crippen LogP contribution is 2.19. The van der Waals surface area contributed by atoms with Crippen LogP contribution in [0.15, 0.2) is 41.6 Å². The van der Waals surface area contributed by atoms with E-state index in [2.05, 4.69) is 62.2 Å². The van der Waals surface area contributed by atoms with Crippen LogP contribution in [0, 0.1) is 0 Å². The van der Waals surface area contributed by atoms with E-state index in [4.69, 9.17) is 9.84 Å². The van der Waals surface area contributed by atoms with E-state index in [0.717, 1.165) is 43.5 Å². The average molecular weight is 341 g/mol. The maximum Gasteiger partial charge on any atom is 0.119 e. The van der Waals surface area contributed by atoms with Crippen molar-refractivity contribution in [1.82, 2.24) is 9.91 Å². The molecule has 0 unspecified atom stereocenters. The number of likely N-dealkylation sites (tertiary alicyclic amines) is 1. The van der Waals surface area contributed by atoms with Gasteiger partial charge >= 0.3 is 0 Å². The lowest BCUT2D eigenvalue weighted by Crippen LogP contribution is -2.28. The molecule has 1 fully saturated rings. The SMILES string of the molecule is CC(C)N1C=CCC(c2ccc(OCCCN3CCC[C@H]3C)cc2)=N1. The van der Waals surface area contributed by atoms with Gasteiger partial charge in [-0.3, -0.25) is 5.01 Å². The number of allylic oxidation sites excluding steroid dienone is 1. The maximum absolute atomic E-state index is 5.91. The molecule has 1 aromatic rings. The molecule has 1 aromatic carbocycles. The Hall–Kier alpha value is -1.81. The number of hydrazone groups is 1. The number of benzene rings is 1. The summed E-state index contributed by atoms with van der Waals surface area (Å²) in [7, 11) is 0. The summed E-state index contributed by atoms with van der Waals surface area (Å²) in [4.78, 5) is 2.57. The Balaban J connectivity index is 1.47. The lowest BCUT2D eigenvalue weighted by atomic mass is 10.1. The molecule has 0 bridgehead atoms. The normalized spacial score (nSPS) is 21.0. The topological polar surface area (TPSA) is 28.1 Å². The predicted octanol–water partition coefficient (Wildman–Crippen LogP) is 4.27. The second-order valence-electron chi connectivity index (χ2n) is 7.36. The molecule has 0 N–H and O–H groups in total. The number of hydrogen-bond acceptors (Lipinski definition) is 4.